The first-order chi connectivity index (χ1) is 8.17. The lowest BCUT2D eigenvalue weighted by Gasteiger charge is -2.07. The lowest BCUT2D eigenvalue weighted by molar-refractivity contribution is 0.706. The zero-order valence-electron chi connectivity index (χ0n) is 10.4. The Morgan fingerprint density at radius 1 is 1.29 bits per heavy atom. The molecule has 0 spiro atoms. The van der Waals surface area contributed by atoms with Crippen LogP contribution >= 0.6 is 23.2 Å². The largest absolute Gasteiger partial charge is 0.313 e. The third-order valence-corrected chi connectivity index (χ3v) is 3.12. The first-order valence-corrected chi connectivity index (χ1v) is 6.78. The van der Waals surface area contributed by atoms with E-state index in [1.807, 2.05) is 12.1 Å². The van der Waals surface area contributed by atoms with Crippen molar-refractivity contribution in [2.24, 2.45) is 0 Å². The van der Waals surface area contributed by atoms with E-state index in [1.165, 1.54) is 5.57 Å². The summed E-state index contributed by atoms with van der Waals surface area (Å²) in [6, 6.07) is 5.61. The van der Waals surface area contributed by atoms with Crippen molar-refractivity contribution in [3.05, 3.63) is 39.4 Å². The van der Waals surface area contributed by atoms with Gasteiger partial charge in [0, 0.05) is 16.6 Å². The standard InChI is InChI=1S/C14H19Cl2N/c1-3-7-17-10-11(4-2)8-12-5-6-13(15)9-14(12)16/h5-6,8-9,17H,3-4,7,10H2,1-2H3. The summed E-state index contributed by atoms with van der Waals surface area (Å²) in [6.45, 7) is 6.29. The average molecular weight is 272 g/mol. The van der Waals surface area contributed by atoms with Gasteiger partial charge in [-0.25, -0.2) is 0 Å². The summed E-state index contributed by atoms with van der Waals surface area (Å²) in [4.78, 5) is 0. The predicted molar refractivity (Wildman–Crippen MR) is 77.9 cm³/mol. The summed E-state index contributed by atoms with van der Waals surface area (Å²) in [7, 11) is 0. The van der Waals surface area contributed by atoms with Gasteiger partial charge in [-0.3, -0.25) is 0 Å². The van der Waals surface area contributed by atoms with E-state index in [0.717, 1.165) is 31.5 Å². The van der Waals surface area contributed by atoms with Crippen molar-refractivity contribution >= 4 is 29.3 Å². The molecule has 0 heterocycles. The van der Waals surface area contributed by atoms with Crippen LogP contribution in [0.25, 0.3) is 6.08 Å². The molecule has 3 heteroatoms. The van der Waals surface area contributed by atoms with Crippen LogP contribution in [-0.4, -0.2) is 13.1 Å². The van der Waals surface area contributed by atoms with E-state index in [0.29, 0.717) is 10.0 Å². The number of benzene rings is 1. The van der Waals surface area contributed by atoms with Gasteiger partial charge in [0.1, 0.15) is 0 Å². The molecule has 17 heavy (non-hydrogen) atoms. The Kier molecular flexibility index (Phi) is 6.64. The molecule has 0 saturated carbocycles. The van der Waals surface area contributed by atoms with Crippen LogP contribution in [0, 0.1) is 0 Å². The van der Waals surface area contributed by atoms with E-state index >= 15 is 0 Å². The molecule has 0 fully saturated rings. The fourth-order valence-electron chi connectivity index (χ4n) is 1.54. The highest BCUT2D eigenvalue weighted by atomic mass is 35.5. The van der Waals surface area contributed by atoms with Gasteiger partial charge in [0.2, 0.25) is 0 Å². The third kappa shape index (κ3) is 5.12. The molecule has 1 nitrogen and oxygen atoms in total. The lowest BCUT2D eigenvalue weighted by atomic mass is 10.1. The van der Waals surface area contributed by atoms with Crippen LogP contribution in [-0.2, 0) is 0 Å². The second kappa shape index (κ2) is 7.75. The SMILES string of the molecule is CCCNCC(=Cc1ccc(Cl)cc1Cl)CC. The lowest BCUT2D eigenvalue weighted by Crippen LogP contribution is -2.17. The Labute approximate surface area is 114 Å². The molecular formula is C14H19Cl2N. The smallest absolute Gasteiger partial charge is 0.0493 e. The molecule has 0 aliphatic rings. The monoisotopic (exact) mass is 271 g/mol. The van der Waals surface area contributed by atoms with Crippen molar-refractivity contribution < 1.29 is 0 Å². The highest BCUT2D eigenvalue weighted by Gasteiger charge is 2.00. The van der Waals surface area contributed by atoms with E-state index in [4.69, 9.17) is 23.2 Å². The molecule has 0 atom stereocenters. The van der Waals surface area contributed by atoms with Gasteiger partial charge in [-0.05, 0) is 37.1 Å². The third-order valence-electron chi connectivity index (χ3n) is 2.56. The summed E-state index contributed by atoms with van der Waals surface area (Å²) in [6.07, 6.45) is 4.32. The number of rotatable bonds is 6. The fraction of sp³-hybridized carbons (Fsp3) is 0.429. The Hall–Kier alpha value is -0.500. The van der Waals surface area contributed by atoms with Crippen LogP contribution in [0.15, 0.2) is 23.8 Å². The van der Waals surface area contributed by atoms with E-state index in [2.05, 4.69) is 25.2 Å². The molecule has 94 valence electrons. The molecule has 0 bridgehead atoms. The molecule has 1 aromatic carbocycles. The predicted octanol–water partition coefficient (Wildman–Crippen LogP) is 4.79. The van der Waals surface area contributed by atoms with E-state index in [9.17, 15) is 0 Å². The highest BCUT2D eigenvalue weighted by Crippen LogP contribution is 2.23. The molecule has 0 aromatic heterocycles. The minimum atomic E-state index is 0.675. The number of hydrogen-bond acceptors (Lipinski definition) is 1. The Balaban J connectivity index is 2.75. The molecular weight excluding hydrogens is 253 g/mol. The number of hydrogen-bond donors (Lipinski definition) is 1. The van der Waals surface area contributed by atoms with Crippen molar-refractivity contribution in [1.29, 1.82) is 0 Å². The van der Waals surface area contributed by atoms with Gasteiger partial charge < -0.3 is 5.32 Å². The molecule has 0 saturated heterocycles. The Morgan fingerprint density at radius 3 is 2.65 bits per heavy atom. The van der Waals surface area contributed by atoms with Crippen molar-refractivity contribution in [3.8, 4) is 0 Å². The summed E-state index contributed by atoms with van der Waals surface area (Å²) in [5, 5.41) is 4.78. The summed E-state index contributed by atoms with van der Waals surface area (Å²) in [5.74, 6) is 0. The van der Waals surface area contributed by atoms with Gasteiger partial charge in [-0.1, -0.05) is 54.8 Å². The maximum Gasteiger partial charge on any atom is 0.0493 e. The normalized spacial score (nSPS) is 11.9. The van der Waals surface area contributed by atoms with Gasteiger partial charge in [0.25, 0.3) is 0 Å². The summed E-state index contributed by atoms with van der Waals surface area (Å²) < 4.78 is 0. The summed E-state index contributed by atoms with van der Waals surface area (Å²) >= 11 is 12.0. The molecule has 1 N–H and O–H groups in total. The molecule has 0 unspecified atom stereocenters. The van der Waals surface area contributed by atoms with Crippen LogP contribution in [0.2, 0.25) is 10.0 Å². The Bertz CT molecular complexity index is 386. The van der Waals surface area contributed by atoms with Crippen molar-refractivity contribution in [2.75, 3.05) is 13.1 Å². The topological polar surface area (TPSA) is 12.0 Å². The first-order valence-electron chi connectivity index (χ1n) is 6.02. The molecule has 0 radical (unpaired) electrons. The zero-order chi connectivity index (χ0) is 12.7. The van der Waals surface area contributed by atoms with Gasteiger partial charge >= 0.3 is 0 Å². The quantitative estimate of drug-likeness (QED) is 0.734. The molecule has 0 amide bonds. The van der Waals surface area contributed by atoms with Crippen LogP contribution in [0.1, 0.15) is 32.3 Å². The van der Waals surface area contributed by atoms with Crippen molar-refractivity contribution in [3.63, 3.8) is 0 Å². The van der Waals surface area contributed by atoms with Crippen LogP contribution in [0.3, 0.4) is 0 Å². The summed E-state index contributed by atoms with van der Waals surface area (Å²) in [5.41, 5.74) is 2.38. The van der Waals surface area contributed by atoms with E-state index < -0.39 is 0 Å². The molecule has 0 aliphatic carbocycles. The van der Waals surface area contributed by atoms with Gasteiger partial charge in [0.15, 0.2) is 0 Å². The number of halogens is 2. The van der Waals surface area contributed by atoms with Crippen LogP contribution in [0.5, 0.6) is 0 Å². The second-order valence-electron chi connectivity index (χ2n) is 4.00. The molecule has 0 aliphatic heterocycles. The average Bonchev–Trinajstić information content (AvgIpc) is 2.31. The van der Waals surface area contributed by atoms with E-state index in [-0.39, 0.29) is 0 Å². The van der Waals surface area contributed by atoms with E-state index in [1.54, 1.807) is 6.07 Å². The van der Waals surface area contributed by atoms with Crippen LogP contribution in [0.4, 0.5) is 0 Å². The molecule has 1 rings (SSSR count). The highest BCUT2D eigenvalue weighted by molar-refractivity contribution is 6.35. The number of nitrogens with one attached hydrogen (secondary N) is 1. The molecule has 1 aromatic rings. The zero-order valence-corrected chi connectivity index (χ0v) is 11.9. The van der Waals surface area contributed by atoms with Gasteiger partial charge in [-0.2, -0.15) is 0 Å². The van der Waals surface area contributed by atoms with Crippen LogP contribution < -0.4 is 5.32 Å². The minimum Gasteiger partial charge on any atom is -0.313 e. The maximum atomic E-state index is 6.14. The van der Waals surface area contributed by atoms with Crippen molar-refractivity contribution in [2.45, 2.75) is 26.7 Å². The minimum absolute atomic E-state index is 0.675. The second-order valence-corrected chi connectivity index (χ2v) is 4.84. The van der Waals surface area contributed by atoms with Gasteiger partial charge in [-0.15, -0.1) is 0 Å². The van der Waals surface area contributed by atoms with Crippen molar-refractivity contribution in [1.82, 2.24) is 5.32 Å². The first kappa shape index (κ1) is 14.6. The fourth-order valence-corrected chi connectivity index (χ4v) is 2.01. The van der Waals surface area contributed by atoms with Gasteiger partial charge in [0.05, 0.1) is 0 Å². The maximum absolute atomic E-state index is 6.14. The Morgan fingerprint density at radius 2 is 2.06 bits per heavy atom.